The van der Waals surface area contributed by atoms with Crippen LogP contribution in [-0.2, 0) is 30.5 Å². The standard InChI is InChI=1S/C42H72N6O5S/c1-12-30(6)40(46(9)42(52)38(28(2)3)44-41(51)39(29(4)5)45(7)8)34(53-10)25-36(49)47-24-16-19-33(47)35(54-11)26-37(50)48(32-20-22-43-23-21-32)27-31-17-14-13-15-18-31/h13-15,17-18,28-30,32-35,38-40,43H,12,16,19-27H2,1-11H3,(H,44,51). The SMILES string of the molecule is CCC(C)C(C(CC(=O)N1CCCC1C(CC(=O)N(Cc1ccccc1)C1CCNCC1)SC)OC)N(C)C(=O)C(NC(=O)C(C(C)C)N(C)C)C(C)C. The lowest BCUT2D eigenvalue weighted by atomic mass is 9.89. The van der Waals surface area contributed by atoms with Gasteiger partial charge in [-0.25, -0.2) is 0 Å². The second-order valence-electron chi connectivity index (χ2n) is 16.4. The van der Waals surface area contributed by atoms with Crippen LogP contribution in [-0.4, -0.2) is 139 Å². The van der Waals surface area contributed by atoms with Gasteiger partial charge in [-0.05, 0) is 82.4 Å². The van der Waals surface area contributed by atoms with Crippen LogP contribution < -0.4 is 10.6 Å². The molecule has 2 aliphatic rings. The Morgan fingerprint density at radius 3 is 2.15 bits per heavy atom. The maximum atomic E-state index is 14.3. The smallest absolute Gasteiger partial charge is 0.245 e. The fourth-order valence-corrected chi connectivity index (χ4v) is 9.50. The number of likely N-dealkylation sites (tertiary alicyclic amines) is 1. The molecule has 0 bridgehead atoms. The van der Waals surface area contributed by atoms with E-state index in [9.17, 15) is 19.2 Å². The molecule has 4 amide bonds. The lowest BCUT2D eigenvalue weighted by Crippen LogP contribution is -2.59. The topological polar surface area (TPSA) is 115 Å². The number of hydrogen-bond donors (Lipinski definition) is 2. The second-order valence-corrected chi connectivity index (χ2v) is 17.5. The third-order valence-electron chi connectivity index (χ3n) is 11.8. The highest BCUT2D eigenvalue weighted by Gasteiger charge is 2.42. The van der Waals surface area contributed by atoms with Gasteiger partial charge < -0.3 is 30.1 Å². The maximum absolute atomic E-state index is 14.3. The van der Waals surface area contributed by atoms with Gasteiger partial charge in [-0.1, -0.05) is 78.3 Å². The molecule has 7 atom stereocenters. The van der Waals surface area contributed by atoms with Crippen LogP contribution in [0.1, 0.15) is 92.1 Å². The largest absolute Gasteiger partial charge is 0.379 e. The molecule has 0 radical (unpaired) electrons. The number of nitrogens with zero attached hydrogens (tertiary/aromatic N) is 4. The lowest BCUT2D eigenvalue weighted by Gasteiger charge is -2.41. The minimum Gasteiger partial charge on any atom is -0.379 e. The van der Waals surface area contributed by atoms with Crippen LogP contribution in [0, 0.1) is 17.8 Å². The van der Waals surface area contributed by atoms with Gasteiger partial charge in [-0.3, -0.25) is 24.1 Å². The van der Waals surface area contributed by atoms with Gasteiger partial charge in [-0.15, -0.1) is 0 Å². The van der Waals surface area contributed by atoms with Gasteiger partial charge in [0, 0.05) is 51.0 Å². The number of nitrogens with one attached hydrogen (secondary N) is 2. The predicted octanol–water partition coefficient (Wildman–Crippen LogP) is 4.89. The molecule has 2 heterocycles. The number of hydrogen-bond acceptors (Lipinski definition) is 8. The molecule has 1 aromatic carbocycles. The van der Waals surface area contributed by atoms with E-state index in [-0.39, 0.29) is 77.2 Å². The number of benzene rings is 1. The first-order valence-electron chi connectivity index (χ1n) is 20.3. The quantitative estimate of drug-likeness (QED) is 0.193. The summed E-state index contributed by atoms with van der Waals surface area (Å²) in [5, 5.41) is 6.47. The van der Waals surface area contributed by atoms with Crippen molar-refractivity contribution in [3.63, 3.8) is 0 Å². The number of thioether (sulfide) groups is 1. The Bertz CT molecular complexity index is 1320. The van der Waals surface area contributed by atoms with Gasteiger partial charge >= 0.3 is 0 Å². The van der Waals surface area contributed by atoms with Gasteiger partial charge in [0.15, 0.2) is 0 Å². The van der Waals surface area contributed by atoms with Crippen molar-refractivity contribution in [2.45, 2.75) is 135 Å². The summed E-state index contributed by atoms with van der Waals surface area (Å²) >= 11 is 1.68. The number of likely N-dealkylation sites (N-methyl/N-ethyl adjacent to an activating group) is 2. The molecule has 0 saturated carbocycles. The molecule has 306 valence electrons. The number of methoxy groups -OCH3 is 1. The third-order valence-corrected chi connectivity index (χ3v) is 12.8. The molecule has 0 aromatic heterocycles. The predicted molar refractivity (Wildman–Crippen MR) is 220 cm³/mol. The Balaban J connectivity index is 1.79. The van der Waals surface area contributed by atoms with Crippen LogP contribution in [0.25, 0.3) is 0 Å². The maximum Gasteiger partial charge on any atom is 0.245 e. The first-order valence-corrected chi connectivity index (χ1v) is 21.6. The van der Waals surface area contributed by atoms with Crippen molar-refractivity contribution in [3.8, 4) is 0 Å². The number of amides is 4. The normalized spacial score (nSPS) is 20.0. The Kier molecular flexibility index (Phi) is 18.8. The fraction of sp³-hybridized carbons (Fsp3) is 0.762. The summed E-state index contributed by atoms with van der Waals surface area (Å²) in [6.45, 7) is 15.1. The zero-order valence-corrected chi connectivity index (χ0v) is 36.0. The van der Waals surface area contributed by atoms with Crippen molar-refractivity contribution in [2.24, 2.45) is 17.8 Å². The zero-order chi connectivity index (χ0) is 40.1. The summed E-state index contributed by atoms with van der Waals surface area (Å²) < 4.78 is 6.09. The molecular formula is C42H72N6O5S. The monoisotopic (exact) mass is 773 g/mol. The summed E-state index contributed by atoms with van der Waals surface area (Å²) in [4.78, 5) is 63.9. The third kappa shape index (κ3) is 12.2. The van der Waals surface area contributed by atoms with Crippen molar-refractivity contribution >= 4 is 35.4 Å². The van der Waals surface area contributed by atoms with E-state index in [0.29, 0.717) is 19.5 Å². The fourth-order valence-electron chi connectivity index (χ4n) is 8.60. The van der Waals surface area contributed by atoms with Crippen molar-refractivity contribution in [1.29, 1.82) is 0 Å². The van der Waals surface area contributed by atoms with E-state index in [2.05, 4.69) is 41.5 Å². The first kappa shape index (κ1) is 45.7. The molecule has 2 fully saturated rings. The highest BCUT2D eigenvalue weighted by molar-refractivity contribution is 7.99. The van der Waals surface area contributed by atoms with Gasteiger partial charge in [0.25, 0.3) is 0 Å². The average molecular weight is 773 g/mol. The van der Waals surface area contributed by atoms with Crippen LogP contribution in [0.15, 0.2) is 30.3 Å². The summed E-state index contributed by atoms with van der Waals surface area (Å²) in [6.07, 6.45) is 6.38. The molecule has 0 spiro atoms. The molecule has 12 heteroatoms. The van der Waals surface area contributed by atoms with Crippen molar-refractivity contribution in [1.82, 2.24) is 30.2 Å². The molecule has 2 aliphatic heterocycles. The van der Waals surface area contributed by atoms with Gasteiger partial charge in [0.05, 0.1) is 24.6 Å². The Hall–Kier alpha value is -2.67. The van der Waals surface area contributed by atoms with E-state index < -0.39 is 12.1 Å². The van der Waals surface area contributed by atoms with Gasteiger partial charge in [0.2, 0.25) is 23.6 Å². The van der Waals surface area contributed by atoms with Gasteiger partial charge in [0.1, 0.15) is 6.04 Å². The minimum atomic E-state index is -0.724. The molecule has 7 unspecified atom stereocenters. The van der Waals surface area contributed by atoms with E-state index >= 15 is 0 Å². The molecule has 3 rings (SSSR count). The highest BCUT2D eigenvalue weighted by atomic mass is 32.2. The summed E-state index contributed by atoms with van der Waals surface area (Å²) in [7, 11) is 7.15. The van der Waals surface area contributed by atoms with E-state index in [1.54, 1.807) is 30.8 Å². The van der Waals surface area contributed by atoms with Crippen LogP contribution in [0.4, 0.5) is 0 Å². The summed E-state index contributed by atoms with van der Waals surface area (Å²) in [5.74, 6) is -0.269. The second kappa shape index (κ2) is 22.2. The number of piperidine rings is 1. The zero-order valence-electron chi connectivity index (χ0n) is 35.2. The molecule has 2 saturated heterocycles. The number of carbonyl (C=O) groups excluding carboxylic acids is 4. The van der Waals surface area contributed by atoms with Crippen LogP contribution in [0.5, 0.6) is 0 Å². The Morgan fingerprint density at radius 1 is 0.963 bits per heavy atom. The van der Waals surface area contributed by atoms with Crippen molar-refractivity contribution in [2.75, 3.05) is 54.1 Å². The molecule has 0 aliphatic carbocycles. The highest BCUT2D eigenvalue weighted by Crippen LogP contribution is 2.32. The van der Waals surface area contributed by atoms with Crippen LogP contribution in [0.2, 0.25) is 0 Å². The van der Waals surface area contributed by atoms with E-state index in [1.807, 2.05) is 76.0 Å². The average Bonchev–Trinajstić information content (AvgIpc) is 3.64. The molecule has 54 heavy (non-hydrogen) atoms. The Labute approximate surface area is 331 Å². The number of ether oxygens (including phenoxy) is 1. The lowest BCUT2D eigenvalue weighted by molar-refractivity contribution is -0.146. The molecule has 11 nitrogen and oxygen atoms in total. The number of rotatable bonds is 20. The minimum absolute atomic E-state index is 0.0102. The van der Waals surface area contributed by atoms with E-state index in [0.717, 1.165) is 50.8 Å². The van der Waals surface area contributed by atoms with Crippen LogP contribution in [0.3, 0.4) is 0 Å². The first-order chi connectivity index (χ1) is 25.7. The van der Waals surface area contributed by atoms with Crippen LogP contribution >= 0.6 is 11.8 Å². The van der Waals surface area contributed by atoms with E-state index in [1.165, 1.54) is 0 Å². The molecular weight excluding hydrogens is 701 g/mol. The molecule has 2 N–H and O–H groups in total. The summed E-state index contributed by atoms with van der Waals surface area (Å²) in [5.41, 5.74) is 1.13. The van der Waals surface area contributed by atoms with Gasteiger partial charge in [-0.2, -0.15) is 11.8 Å². The van der Waals surface area contributed by atoms with Crippen molar-refractivity contribution < 1.29 is 23.9 Å². The van der Waals surface area contributed by atoms with E-state index in [4.69, 9.17) is 4.74 Å². The summed E-state index contributed by atoms with van der Waals surface area (Å²) in [6, 6.07) is 8.86. The molecule has 1 aromatic rings. The Morgan fingerprint density at radius 2 is 1.61 bits per heavy atom. The van der Waals surface area contributed by atoms with Crippen molar-refractivity contribution in [3.05, 3.63) is 35.9 Å². The number of carbonyl (C=O) groups is 4.